The first-order chi connectivity index (χ1) is 7.41. The van der Waals surface area contributed by atoms with Gasteiger partial charge in [0.05, 0.1) is 6.42 Å². The van der Waals surface area contributed by atoms with Crippen LogP contribution in [0.5, 0.6) is 0 Å². The smallest absolute Gasteiger partial charge is 0.305 e. The summed E-state index contributed by atoms with van der Waals surface area (Å²) >= 11 is 0. The quantitative estimate of drug-likeness (QED) is 0.811. The van der Waals surface area contributed by atoms with Crippen molar-refractivity contribution in [2.45, 2.75) is 19.4 Å². The van der Waals surface area contributed by atoms with Gasteiger partial charge in [-0.1, -0.05) is 6.07 Å². The first-order valence-corrected chi connectivity index (χ1v) is 5.17. The fourth-order valence-electron chi connectivity index (χ4n) is 1.65. The molecule has 1 rings (SSSR count). The molecular weight excluding hydrogens is 204 g/mol. The Kier molecular flexibility index (Phi) is 3.90. The van der Waals surface area contributed by atoms with E-state index in [-0.39, 0.29) is 6.42 Å². The van der Waals surface area contributed by atoms with Gasteiger partial charge in [-0.2, -0.15) is 0 Å². The third-order valence-electron chi connectivity index (χ3n) is 2.56. The summed E-state index contributed by atoms with van der Waals surface area (Å²) in [5.41, 5.74) is 8.84. The molecule has 0 bridgehead atoms. The third-order valence-corrected chi connectivity index (χ3v) is 2.56. The molecule has 0 saturated carbocycles. The molecule has 1 aromatic rings. The van der Waals surface area contributed by atoms with E-state index in [1.54, 1.807) is 0 Å². The van der Waals surface area contributed by atoms with Gasteiger partial charge >= 0.3 is 5.97 Å². The lowest BCUT2D eigenvalue weighted by atomic mass is 9.99. The highest BCUT2D eigenvalue weighted by atomic mass is 16.4. The molecule has 3 N–H and O–H groups in total. The maximum Gasteiger partial charge on any atom is 0.305 e. The normalized spacial score (nSPS) is 12.2. The first kappa shape index (κ1) is 12.5. The highest BCUT2D eigenvalue weighted by Crippen LogP contribution is 2.23. The average Bonchev–Trinajstić information content (AvgIpc) is 2.15. The molecule has 0 aliphatic rings. The van der Waals surface area contributed by atoms with Gasteiger partial charge in [0.2, 0.25) is 0 Å². The maximum absolute atomic E-state index is 10.6. The number of hydrogen-bond acceptors (Lipinski definition) is 3. The number of carboxylic acid groups (broad SMARTS) is 1. The summed E-state index contributed by atoms with van der Waals surface area (Å²) in [4.78, 5) is 12.6. The predicted octanol–water partition coefficient (Wildman–Crippen LogP) is 1.54. The summed E-state index contributed by atoms with van der Waals surface area (Å²) in [5.74, 6) is -0.872. The molecule has 0 aliphatic carbocycles. The lowest BCUT2D eigenvalue weighted by Gasteiger charge is -2.17. The molecule has 0 aliphatic heterocycles. The van der Waals surface area contributed by atoms with Crippen LogP contribution in [0.1, 0.15) is 23.6 Å². The summed E-state index contributed by atoms with van der Waals surface area (Å²) in [6.07, 6.45) is -0.0395. The van der Waals surface area contributed by atoms with Crippen LogP contribution in [0, 0.1) is 6.92 Å². The fourth-order valence-corrected chi connectivity index (χ4v) is 1.65. The van der Waals surface area contributed by atoms with Crippen molar-refractivity contribution in [3.8, 4) is 0 Å². The van der Waals surface area contributed by atoms with Gasteiger partial charge in [0, 0.05) is 25.8 Å². The number of aliphatic carboxylic acids is 1. The van der Waals surface area contributed by atoms with E-state index in [1.165, 1.54) is 0 Å². The van der Waals surface area contributed by atoms with Crippen molar-refractivity contribution in [2.24, 2.45) is 5.73 Å². The zero-order valence-corrected chi connectivity index (χ0v) is 9.90. The van der Waals surface area contributed by atoms with Crippen molar-refractivity contribution in [1.82, 2.24) is 0 Å². The van der Waals surface area contributed by atoms with Crippen LogP contribution in [0.2, 0.25) is 0 Å². The molecule has 1 aromatic carbocycles. The molecule has 0 amide bonds. The SMILES string of the molecule is Cc1cc(N(C)C)ccc1C(N)CC(=O)O. The average molecular weight is 222 g/mol. The van der Waals surface area contributed by atoms with E-state index in [4.69, 9.17) is 10.8 Å². The van der Waals surface area contributed by atoms with Crippen molar-refractivity contribution in [3.05, 3.63) is 29.3 Å². The number of carbonyl (C=O) groups is 1. The minimum Gasteiger partial charge on any atom is -0.481 e. The fraction of sp³-hybridized carbons (Fsp3) is 0.417. The molecule has 0 fully saturated rings. The van der Waals surface area contributed by atoms with Gasteiger partial charge in [-0.05, 0) is 30.2 Å². The van der Waals surface area contributed by atoms with Crippen molar-refractivity contribution in [3.63, 3.8) is 0 Å². The van der Waals surface area contributed by atoms with Crippen molar-refractivity contribution < 1.29 is 9.90 Å². The number of aryl methyl sites for hydroxylation is 1. The van der Waals surface area contributed by atoms with Crippen LogP contribution in [0.15, 0.2) is 18.2 Å². The monoisotopic (exact) mass is 222 g/mol. The standard InChI is InChI=1S/C12H18N2O2/c1-8-6-9(14(2)3)4-5-10(8)11(13)7-12(15)16/h4-6,11H,7,13H2,1-3H3,(H,15,16). The Balaban J connectivity index is 2.94. The highest BCUT2D eigenvalue weighted by molar-refractivity contribution is 5.68. The Hall–Kier alpha value is -1.55. The minimum absolute atomic E-state index is 0.0395. The molecule has 16 heavy (non-hydrogen) atoms. The summed E-state index contributed by atoms with van der Waals surface area (Å²) in [7, 11) is 3.93. The highest BCUT2D eigenvalue weighted by Gasteiger charge is 2.13. The van der Waals surface area contributed by atoms with E-state index in [1.807, 2.05) is 44.1 Å². The molecular formula is C12H18N2O2. The van der Waals surface area contributed by atoms with Crippen LogP contribution < -0.4 is 10.6 Å². The second-order valence-corrected chi connectivity index (χ2v) is 4.14. The van der Waals surface area contributed by atoms with Crippen molar-refractivity contribution in [2.75, 3.05) is 19.0 Å². The van der Waals surface area contributed by atoms with Gasteiger partial charge in [0.25, 0.3) is 0 Å². The molecule has 4 heteroatoms. The number of carboxylic acids is 1. The van der Waals surface area contributed by atoms with E-state index in [9.17, 15) is 4.79 Å². The Labute approximate surface area is 95.7 Å². The predicted molar refractivity (Wildman–Crippen MR) is 64.7 cm³/mol. The molecule has 0 radical (unpaired) electrons. The Morgan fingerprint density at radius 1 is 1.50 bits per heavy atom. The second-order valence-electron chi connectivity index (χ2n) is 4.14. The Bertz CT molecular complexity index is 389. The minimum atomic E-state index is -0.872. The van der Waals surface area contributed by atoms with Gasteiger partial charge in [0.15, 0.2) is 0 Å². The van der Waals surface area contributed by atoms with E-state index >= 15 is 0 Å². The largest absolute Gasteiger partial charge is 0.481 e. The molecule has 88 valence electrons. The molecule has 0 spiro atoms. The number of benzene rings is 1. The zero-order chi connectivity index (χ0) is 12.3. The van der Waals surface area contributed by atoms with E-state index in [2.05, 4.69) is 0 Å². The topological polar surface area (TPSA) is 66.6 Å². The number of rotatable bonds is 4. The van der Waals surface area contributed by atoms with Crippen molar-refractivity contribution in [1.29, 1.82) is 0 Å². The summed E-state index contributed by atoms with van der Waals surface area (Å²) in [6.45, 7) is 1.95. The van der Waals surface area contributed by atoms with Crippen LogP contribution in [0.4, 0.5) is 5.69 Å². The number of anilines is 1. The van der Waals surface area contributed by atoms with Crippen LogP contribution in [-0.2, 0) is 4.79 Å². The lowest BCUT2D eigenvalue weighted by Crippen LogP contribution is -2.17. The number of nitrogens with zero attached hydrogens (tertiary/aromatic N) is 1. The second kappa shape index (κ2) is 4.99. The number of nitrogens with two attached hydrogens (primary N) is 1. The lowest BCUT2D eigenvalue weighted by molar-refractivity contribution is -0.137. The number of hydrogen-bond donors (Lipinski definition) is 2. The van der Waals surface area contributed by atoms with Gasteiger partial charge in [-0.25, -0.2) is 0 Å². The van der Waals surface area contributed by atoms with Crippen LogP contribution in [-0.4, -0.2) is 25.2 Å². The first-order valence-electron chi connectivity index (χ1n) is 5.17. The zero-order valence-electron chi connectivity index (χ0n) is 9.90. The van der Waals surface area contributed by atoms with Gasteiger partial charge in [-0.15, -0.1) is 0 Å². The van der Waals surface area contributed by atoms with E-state index in [0.29, 0.717) is 0 Å². The van der Waals surface area contributed by atoms with Crippen molar-refractivity contribution >= 4 is 11.7 Å². The molecule has 0 saturated heterocycles. The molecule has 0 heterocycles. The molecule has 1 atom stereocenters. The maximum atomic E-state index is 10.6. The van der Waals surface area contributed by atoms with Crippen LogP contribution >= 0.6 is 0 Å². The Morgan fingerprint density at radius 2 is 2.12 bits per heavy atom. The summed E-state index contributed by atoms with van der Waals surface area (Å²) in [6, 6.07) is 5.42. The summed E-state index contributed by atoms with van der Waals surface area (Å²) < 4.78 is 0. The van der Waals surface area contributed by atoms with Gasteiger partial charge < -0.3 is 15.7 Å². The molecule has 0 aromatic heterocycles. The van der Waals surface area contributed by atoms with Gasteiger partial charge in [-0.3, -0.25) is 4.79 Å². The summed E-state index contributed by atoms with van der Waals surface area (Å²) in [5, 5.41) is 8.69. The van der Waals surface area contributed by atoms with E-state index < -0.39 is 12.0 Å². The molecule has 1 unspecified atom stereocenters. The van der Waals surface area contributed by atoms with Crippen LogP contribution in [0.25, 0.3) is 0 Å². The van der Waals surface area contributed by atoms with Gasteiger partial charge in [0.1, 0.15) is 0 Å². The third kappa shape index (κ3) is 2.97. The molecule has 4 nitrogen and oxygen atoms in total. The Morgan fingerprint density at radius 3 is 2.56 bits per heavy atom. The van der Waals surface area contributed by atoms with E-state index in [0.717, 1.165) is 16.8 Å². The van der Waals surface area contributed by atoms with Crippen LogP contribution in [0.3, 0.4) is 0 Å².